The largest absolute Gasteiger partial charge is 0.323 e. The van der Waals surface area contributed by atoms with Crippen molar-refractivity contribution in [1.29, 1.82) is 0 Å². The quantitative estimate of drug-likeness (QED) is 0.359. The highest BCUT2D eigenvalue weighted by molar-refractivity contribution is 9.08. The number of alkyl halides is 1. The minimum Gasteiger partial charge on any atom is -0.323 e. The highest BCUT2D eigenvalue weighted by Gasteiger charge is 2.03. The van der Waals surface area contributed by atoms with Gasteiger partial charge in [-0.3, -0.25) is 0 Å². The molecule has 2 N–H and O–H groups in total. The Morgan fingerprint density at radius 3 is 2.92 bits per heavy atom. The van der Waals surface area contributed by atoms with Gasteiger partial charge in [0.1, 0.15) is 5.82 Å². The molecule has 0 unspecified atom stereocenters. The van der Waals surface area contributed by atoms with Crippen LogP contribution in [-0.4, -0.2) is 6.21 Å². The van der Waals surface area contributed by atoms with Crippen molar-refractivity contribution in [3.63, 3.8) is 0 Å². The molecule has 1 rings (SSSR count). The SMILES string of the molecule is NN=Cc1c(F)cccc1CBr. The molecule has 2 nitrogen and oxygen atoms in total. The lowest BCUT2D eigenvalue weighted by atomic mass is 10.1. The van der Waals surface area contributed by atoms with Gasteiger partial charge < -0.3 is 5.84 Å². The highest BCUT2D eigenvalue weighted by Crippen LogP contribution is 2.14. The molecule has 0 fully saturated rings. The summed E-state index contributed by atoms with van der Waals surface area (Å²) in [6.45, 7) is 0. The molecule has 1 aromatic rings. The van der Waals surface area contributed by atoms with E-state index in [2.05, 4.69) is 21.0 Å². The van der Waals surface area contributed by atoms with E-state index in [0.717, 1.165) is 5.56 Å². The topological polar surface area (TPSA) is 38.4 Å². The van der Waals surface area contributed by atoms with Gasteiger partial charge in [0.05, 0.1) is 6.21 Å². The lowest BCUT2D eigenvalue weighted by molar-refractivity contribution is 0.624. The first-order chi connectivity index (χ1) is 5.79. The molecule has 0 aliphatic carbocycles. The Kier molecular flexibility index (Phi) is 3.22. The minimum atomic E-state index is -0.304. The van der Waals surface area contributed by atoms with Gasteiger partial charge in [-0.2, -0.15) is 5.10 Å². The Hall–Kier alpha value is -0.900. The van der Waals surface area contributed by atoms with Crippen molar-refractivity contribution < 1.29 is 4.39 Å². The molecule has 12 heavy (non-hydrogen) atoms. The Morgan fingerprint density at radius 2 is 2.33 bits per heavy atom. The van der Waals surface area contributed by atoms with Crippen LogP contribution in [0.2, 0.25) is 0 Å². The molecule has 0 aliphatic heterocycles. The van der Waals surface area contributed by atoms with Crippen molar-refractivity contribution >= 4 is 22.1 Å². The maximum absolute atomic E-state index is 13.1. The summed E-state index contributed by atoms with van der Waals surface area (Å²) in [6, 6.07) is 4.85. The fourth-order valence-electron chi connectivity index (χ4n) is 0.917. The molecule has 0 aromatic heterocycles. The number of nitrogens with two attached hydrogens (primary N) is 1. The average molecular weight is 231 g/mol. The summed E-state index contributed by atoms with van der Waals surface area (Å²) < 4.78 is 13.1. The normalized spacial score (nSPS) is 10.8. The summed E-state index contributed by atoms with van der Waals surface area (Å²) >= 11 is 3.24. The number of hydrogen-bond acceptors (Lipinski definition) is 2. The Balaban J connectivity index is 3.19. The second-order valence-electron chi connectivity index (χ2n) is 2.22. The van der Waals surface area contributed by atoms with Crippen molar-refractivity contribution in [2.45, 2.75) is 5.33 Å². The molecule has 1 aromatic carbocycles. The van der Waals surface area contributed by atoms with Crippen LogP contribution in [0.4, 0.5) is 4.39 Å². The number of nitrogens with zero attached hydrogens (tertiary/aromatic N) is 1. The number of benzene rings is 1. The molecule has 0 amide bonds. The Labute approximate surface area is 78.4 Å². The lowest BCUT2D eigenvalue weighted by Crippen LogP contribution is -1.96. The zero-order valence-electron chi connectivity index (χ0n) is 6.30. The highest BCUT2D eigenvalue weighted by atomic mass is 79.9. The van der Waals surface area contributed by atoms with Gasteiger partial charge in [-0.05, 0) is 11.6 Å². The van der Waals surface area contributed by atoms with Crippen LogP contribution < -0.4 is 5.84 Å². The monoisotopic (exact) mass is 230 g/mol. The van der Waals surface area contributed by atoms with E-state index in [4.69, 9.17) is 5.84 Å². The summed E-state index contributed by atoms with van der Waals surface area (Å²) in [6.07, 6.45) is 1.31. The zero-order valence-corrected chi connectivity index (χ0v) is 7.88. The van der Waals surface area contributed by atoms with E-state index in [9.17, 15) is 4.39 Å². The maximum Gasteiger partial charge on any atom is 0.132 e. The van der Waals surface area contributed by atoms with Crippen molar-refractivity contribution in [3.8, 4) is 0 Å². The van der Waals surface area contributed by atoms with E-state index in [1.165, 1.54) is 12.3 Å². The van der Waals surface area contributed by atoms with Crippen molar-refractivity contribution in [2.24, 2.45) is 10.9 Å². The average Bonchev–Trinajstić information content (AvgIpc) is 2.09. The molecule has 4 heteroatoms. The molecule has 0 bridgehead atoms. The van der Waals surface area contributed by atoms with Crippen LogP contribution in [0, 0.1) is 5.82 Å². The van der Waals surface area contributed by atoms with Crippen LogP contribution in [-0.2, 0) is 5.33 Å². The summed E-state index contributed by atoms with van der Waals surface area (Å²) in [7, 11) is 0. The lowest BCUT2D eigenvalue weighted by Gasteiger charge is -2.01. The number of hydrogen-bond donors (Lipinski definition) is 1. The fourth-order valence-corrected chi connectivity index (χ4v) is 1.41. The zero-order chi connectivity index (χ0) is 8.97. The number of rotatable bonds is 2. The molecular formula is C8H8BrFN2. The van der Waals surface area contributed by atoms with Gasteiger partial charge in [0.15, 0.2) is 0 Å². The molecule has 0 spiro atoms. The van der Waals surface area contributed by atoms with Gasteiger partial charge >= 0.3 is 0 Å². The number of hydrazone groups is 1. The number of halogens is 2. The van der Waals surface area contributed by atoms with E-state index in [1.807, 2.05) is 6.07 Å². The predicted molar refractivity (Wildman–Crippen MR) is 50.8 cm³/mol. The smallest absolute Gasteiger partial charge is 0.132 e. The van der Waals surface area contributed by atoms with E-state index in [0.29, 0.717) is 10.9 Å². The Bertz CT molecular complexity index is 299. The van der Waals surface area contributed by atoms with Crippen LogP contribution >= 0.6 is 15.9 Å². The van der Waals surface area contributed by atoms with Gasteiger partial charge in [0.2, 0.25) is 0 Å². The Morgan fingerprint density at radius 1 is 1.58 bits per heavy atom. The molecule has 0 saturated carbocycles. The summed E-state index contributed by atoms with van der Waals surface area (Å²) in [5.41, 5.74) is 1.28. The van der Waals surface area contributed by atoms with Crippen molar-refractivity contribution in [2.75, 3.05) is 0 Å². The standard InChI is InChI=1S/C8H8BrFN2/c9-4-6-2-1-3-8(10)7(6)5-12-11/h1-3,5H,4,11H2. The van der Waals surface area contributed by atoms with Gasteiger partial charge in [-0.15, -0.1) is 0 Å². The summed E-state index contributed by atoms with van der Waals surface area (Å²) in [5.74, 6) is 4.64. The van der Waals surface area contributed by atoms with Crippen LogP contribution in [0.1, 0.15) is 11.1 Å². The van der Waals surface area contributed by atoms with Gasteiger partial charge in [0, 0.05) is 10.9 Å². The molecule has 64 valence electrons. The van der Waals surface area contributed by atoms with Crippen LogP contribution in [0.15, 0.2) is 23.3 Å². The second kappa shape index (κ2) is 4.21. The van der Waals surface area contributed by atoms with E-state index >= 15 is 0 Å². The van der Waals surface area contributed by atoms with Gasteiger partial charge in [-0.1, -0.05) is 28.1 Å². The molecule has 0 aliphatic rings. The first kappa shape index (κ1) is 9.19. The first-order valence-electron chi connectivity index (χ1n) is 3.36. The second-order valence-corrected chi connectivity index (χ2v) is 2.79. The summed E-state index contributed by atoms with van der Waals surface area (Å²) in [4.78, 5) is 0. The van der Waals surface area contributed by atoms with Crippen LogP contribution in [0.3, 0.4) is 0 Å². The maximum atomic E-state index is 13.1. The molecule has 0 heterocycles. The van der Waals surface area contributed by atoms with Gasteiger partial charge in [0.25, 0.3) is 0 Å². The van der Waals surface area contributed by atoms with Crippen molar-refractivity contribution in [3.05, 3.63) is 35.1 Å². The van der Waals surface area contributed by atoms with Crippen LogP contribution in [0.5, 0.6) is 0 Å². The molecule has 0 radical (unpaired) electrons. The first-order valence-corrected chi connectivity index (χ1v) is 4.48. The third-order valence-electron chi connectivity index (χ3n) is 1.49. The van der Waals surface area contributed by atoms with Crippen LogP contribution in [0.25, 0.3) is 0 Å². The minimum absolute atomic E-state index is 0.304. The van der Waals surface area contributed by atoms with E-state index in [-0.39, 0.29) is 5.82 Å². The molecular weight excluding hydrogens is 223 g/mol. The van der Waals surface area contributed by atoms with E-state index in [1.54, 1.807) is 6.07 Å². The third-order valence-corrected chi connectivity index (χ3v) is 2.09. The summed E-state index contributed by atoms with van der Waals surface area (Å²) in [5, 5.41) is 3.88. The third kappa shape index (κ3) is 1.82. The molecule has 0 saturated heterocycles. The van der Waals surface area contributed by atoms with Crippen molar-refractivity contribution in [1.82, 2.24) is 0 Å². The molecule has 0 atom stereocenters. The fraction of sp³-hybridized carbons (Fsp3) is 0.125. The van der Waals surface area contributed by atoms with E-state index < -0.39 is 0 Å². The van der Waals surface area contributed by atoms with Gasteiger partial charge in [-0.25, -0.2) is 4.39 Å². The predicted octanol–water partition coefficient (Wildman–Crippen LogP) is 2.01.